The highest BCUT2D eigenvalue weighted by atomic mass is 19.1. The summed E-state index contributed by atoms with van der Waals surface area (Å²) in [5, 5.41) is 3.10. The number of hydrogen-bond donors (Lipinski definition) is 1. The van der Waals surface area contributed by atoms with Crippen molar-refractivity contribution < 1.29 is 8.78 Å². The number of benzene rings is 1. The lowest BCUT2D eigenvalue weighted by molar-refractivity contribution is 0.558. The molecule has 0 bridgehead atoms. The molecule has 0 spiro atoms. The number of nitrogens with zero attached hydrogens (tertiary/aromatic N) is 2. The monoisotopic (exact) mass is 265 g/mol. The second-order valence-electron chi connectivity index (χ2n) is 4.42. The molecular weight excluding hydrogens is 248 g/mol. The van der Waals surface area contributed by atoms with Gasteiger partial charge >= 0.3 is 0 Å². The standard InChI is InChI=1S/C14H17F2N3/c1-2-5-19-10-18-9-13(19)8-17-7-11-6-12(15)3-4-14(11)16/h3-4,6,9-10,17H,2,5,7-8H2,1H3. The predicted octanol–water partition coefficient (Wildman–Crippen LogP) is 2.86. The molecule has 1 aromatic carbocycles. The van der Waals surface area contributed by atoms with E-state index in [9.17, 15) is 8.78 Å². The molecule has 19 heavy (non-hydrogen) atoms. The Morgan fingerprint density at radius 3 is 2.89 bits per heavy atom. The molecule has 0 unspecified atom stereocenters. The van der Waals surface area contributed by atoms with Crippen molar-refractivity contribution in [2.75, 3.05) is 0 Å². The SMILES string of the molecule is CCCn1cncc1CNCc1cc(F)ccc1F. The maximum Gasteiger partial charge on any atom is 0.127 e. The van der Waals surface area contributed by atoms with Crippen molar-refractivity contribution in [3.63, 3.8) is 0 Å². The number of imidazole rings is 1. The first-order valence-corrected chi connectivity index (χ1v) is 6.34. The first kappa shape index (κ1) is 13.7. The maximum atomic E-state index is 13.4. The van der Waals surface area contributed by atoms with Crippen molar-refractivity contribution in [1.29, 1.82) is 0 Å². The molecule has 0 amide bonds. The topological polar surface area (TPSA) is 29.9 Å². The van der Waals surface area contributed by atoms with Crippen molar-refractivity contribution >= 4 is 0 Å². The highest BCUT2D eigenvalue weighted by molar-refractivity contribution is 5.18. The number of hydrogen-bond acceptors (Lipinski definition) is 2. The van der Waals surface area contributed by atoms with Gasteiger partial charge in [0, 0.05) is 31.4 Å². The smallest absolute Gasteiger partial charge is 0.127 e. The van der Waals surface area contributed by atoms with Crippen molar-refractivity contribution in [3.8, 4) is 0 Å². The first-order valence-electron chi connectivity index (χ1n) is 6.34. The van der Waals surface area contributed by atoms with Crippen molar-refractivity contribution in [3.05, 3.63) is 53.6 Å². The molecule has 102 valence electrons. The summed E-state index contributed by atoms with van der Waals surface area (Å²) in [6, 6.07) is 3.48. The summed E-state index contributed by atoms with van der Waals surface area (Å²) < 4.78 is 28.5. The Kier molecular flexibility index (Phi) is 4.63. The summed E-state index contributed by atoms with van der Waals surface area (Å²) in [5.74, 6) is -0.815. The largest absolute Gasteiger partial charge is 0.333 e. The molecule has 3 nitrogen and oxygen atoms in total. The molecule has 5 heteroatoms. The van der Waals surface area contributed by atoms with Crippen LogP contribution < -0.4 is 5.32 Å². The summed E-state index contributed by atoms with van der Waals surface area (Å²) in [7, 11) is 0. The fourth-order valence-corrected chi connectivity index (χ4v) is 1.94. The van der Waals surface area contributed by atoms with Crippen molar-refractivity contribution in [2.24, 2.45) is 0 Å². The van der Waals surface area contributed by atoms with E-state index < -0.39 is 11.6 Å². The summed E-state index contributed by atoms with van der Waals surface area (Å²) in [4.78, 5) is 4.09. The minimum atomic E-state index is -0.422. The molecule has 0 aliphatic rings. The summed E-state index contributed by atoms with van der Waals surface area (Å²) >= 11 is 0. The first-order chi connectivity index (χ1) is 9.20. The van der Waals surface area contributed by atoms with Gasteiger partial charge in [-0.1, -0.05) is 6.92 Å². The number of rotatable bonds is 6. The Morgan fingerprint density at radius 1 is 1.26 bits per heavy atom. The molecule has 2 rings (SSSR count). The lowest BCUT2D eigenvalue weighted by Gasteiger charge is -2.09. The van der Waals surface area contributed by atoms with Crippen LogP contribution >= 0.6 is 0 Å². The van der Waals surface area contributed by atoms with E-state index in [0.717, 1.165) is 30.8 Å². The molecule has 0 fully saturated rings. The number of aromatic nitrogens is 2. The van der Waals surface area contributed by atoms with Crippen LogP contribution in [-0.4, -0.2) is 9.55 Å². The fourth-order valence-electron chi connectivity index (χ4n) is 1.94. The Labute approximate surface area is 111 Å². The van der Waals surface area contributed by atoms with E-state index in [1.807, 2.05) is 0 Å². The Bertz CT molecular complexity index is 537. The average Bonchev–Trinajstić information content (AvgIpc) is 2.82. The van der Waals surface area contributed by atoms with Gasteiger partial charge in [-0.3, -0.25) is 0 Å². The second-order valence-corrected chi connectivity index (χ2v) is 4.42. The molecule has 0 radical (unpaired) electrons. The van der Waals surface area contributed by atoms with Gasteiger partial charge in [-0.15, -0.1) is 0 Å². The van der Waals surface area contributed by atoms with Crippen LogP contribution in [0.2, 0.25) is 0 Å². The van der Waals surface area contributed by atoms with Crippen LogP contribution in [0.1, 0.15) is 24.6 Å². The zero-order chi connectivity index (χ0) is 13.7. The fraction of sp³-hybridized carbons (Fsp3) is 0.357. The van der Waals surface area contributed by atoms with E-state index in [-0.39, 0.29) is 0 Å². The van der Waals surface area contributed by atoms with E-state index in [2.05, 4.69) is 21.8 Å². The third-order valence-electron chi connectivity index (χ3n) is 2.89. The van der Waals surface area contributed by atoms with Crippen molar-refractivity contribution in [2.45, 2.75) is 33.0 Å². The third kappa shape index (κ3) is 3.61. The van der Waals surface area contributed by atoms with Crippen LogP contribution in [0.15, 0.2) is 30.7 Å². The van der Waals surface area contributed by atoms with Gasteiger partial charge in [-0.05, 0) is 24.6 Å². The van der Waals surface area contributed by atoms with E-state index in [0.29, 0.717) is 18.7 Å². The third-order valence-corrected chi connectivity index (χ3v) is 2.89. The maximum absolute atomic E-state index is 13.4. The van der Waals surface area contributed by atoms with E-state index >= 15 is 0 Å². The van der Waals surface area contributed by atoms with Gasteiger partial charge in [-0.2, -0.15) is 0 Å². The Hall–Kier alpha value is -1.75. The van der Waals surface area contributed by atoms with Gasteiger partial charge in [0.15, 0.2) is 0 Å². The number of nitrogens with one attached hydrogen (secondary N) is 1. The lowest BCUT2D eigenvalue weighted by atomic mass is 10.2. The molecule has 0 saturated heterocycles. The highest BCUT2D eigenvalue weighted by Crippen LogP contribution is 2.09. The Balaban J connectivity index is 1.92. The van der Waals surface area contributed by atoms with E-state index in [4.69, 9.17) is 0 Å². The number of aryl methyl sites for hydroxylation is 1. The zero-order valence-electron chi connectivity index (χ0n) is 10.9. The molecule has 2 aromatic rings. The minimum absolute atomic E-state index is 0.293. The molecule has 0 aliphatic heterocycles. The molecule has 0 atom stereocenters. The van der Waals surface area contributed by atoms with Crippen LogP contribution in [-0.2, 0) is 19.6 Å². The van der Waals surface area contributed by atoms with Gasteiger partial charge < -0.3 is 9.88 Å². The van der Waals surface area contributed by atoms with Gasteiger partial charge in [-0.25, -0.2) is 13.8 Å². The van der Waals surface area contributed by atoms with Crippen LogP contribution in [0.3, 0.4) is 0 Å². The van der Waals surface area contributed by atoms with Crippen LogP contribution in [0.25, 0.3) is 0 Å². The molecule has 1 aromatic heterocycles. The number of halogens is 2. The van der Waals surface area contributed by atoms with E-state index in [1.165, 1.54) is 6.07 Å². The van der Waals surface area contributed by atoms with Crippen molar-refractivity contribution in [1.82, 2.24) is 14.9 Å². The average molecular weight is 265 g/mol. The van der Waals surface area contributed by atoms with Crippen LogP contribution in [0.4, 0.5) is 8.78 Å². The van der Waals surface area contributed by atoms with Gasteiger partial charge in [0.2, 0.25) is 0 Å². The summed E-state index contributed by atoms with van der Waals surface area (Å²) in [5.41, 5.74) is 1.38. The molecule has 0 aliphatic carbocycles. The van der Waals surface area contributed by atoms with Gasteiger partial charge in [0.1, 0.15) is 11.6 Å². The normalized spacial score (nSPS) is 10.9. The van der Waals surface area contributed by atoms with Crippen LogP contribution in [0.5, 0.6) is 0 Å². The molecule has 1 heterocycles. The summed E-state index contributed by atoms with van der Waals surface area (Å²) in [6.07, 6.45) is 4.59. The molecular formula is C14H17F2N3. The Morgan fingerprint density at radius 2 is 2.11 bits per heavy atom. The second kappa shape index (κ2) is 6.43. The quantitative estimate of drug-likeness (QED) is 0.870. The molecule has 1 N–H and O–H groups in total. The minimum Gasteiger partial charge on any atom is -0.333 e. The highest BCUT2D eigenvalue weighted by Gasteiger charge is 2.05. The van der Waals surface area contributed by atoms with Gasteiger partial charge in [0.05, 0.1) is 12.0 Å². The van der Waals surface area contributed by atoms with Gasteiger partial charge in [0.25, 0.3) is 0 Å². The lowest BCUT2D eigenvalue weighted by Crippen LogP contribution is -2.16. The van der Waals surface area contributed by atoms with E-state index in [1.54, 1.807) is 12.5 Å². The zero-order valence-corrected chi connectivity index (χ0v) is 10.9. The predicted molar refractivity (Wildman–Crippen MR) is 69.4 cm³/mol. The summed E-state index contributed by atoms with van der Waals surface area (Å²) in [6.45, 7) is 3.88. The van der Waals surface area contributed by atoms with Crippen LogP contribution in [0, 0.1) is 11.6 Å². The molecule has 0 saturated carbocycles.